The summed E-state index contributed by atoms with van der Waals surface area (Å²) in [5.74, 6) is 1.59. The van der Waals surface area contributed by atoms with E-state index in [9.17, 15) is 4.79 Å². The largest absolute Gasteiger partial charge is 0.494 e. The van der Waals surface area contributed by atoms with Gasteiger partial charge in [-0.3, -0.25) is 4.79 Å². The van der Waals surface area contributed by atoms with Gasteiger partial charge in [0, 0.05) is 18.5 Å². The van der Waals surface area contributed by atoms with Crippen molar-refractivity contribution in [1.82, 2.24) is 4.57 Å². The average molecular weight is 512 g/mol. The Morgan fingerprint density at radius 2 is 1.54 bits per heavy atom. The topological polar surface area (TPSA) is 49.7 Å². The van der Waals surface area contributed by atoms with E-state index in [-0.39, 0.29) is 11.3 Å². The van der Waals surface area contributed by atoms with Crippen LogP contribution in [0.2, 0.25) is 0 Å². The van der Waals surface area contributed by atoms with Gasteiger partial charge in [-0.1, -0.05) is 69.6 Å². The van der Waals surface area contributed by atoms with Crippen LogP contribution in [0, 0.1) is 0 Å². The number of aromatic nitrogens is 1. The SMILES string of the molecule is CCCCCCCCOc1ccc2c(OCCCC)c(OC/C=C(\C)CCC=C(C)C)c(=O)n(C)c2c1. The maximum absolute atomic E-state index is 13.3. The van der Waals surface area contributed by atoms with Crippen molar-refractivity contribution in [2.24, 2.45) is 7.05 Å². The van der Waals surface area contributed by atoms with Crippen molar-refractivity contribution in [3.8, 4) is 17.2 Å². The van der Waals surface area contributed by atoms with Crippen LogP contribution in [0.5, 0.6) is 17.2 Å². The summed E-state index contributed by atoms with van der Waals surface area (Å²) in [6.07, 6.45) is 15.6. The van der Waals surface area contributed by atoms with Gasteiger partial charge in [0.05, 0.1) is 18.7 Å². The Morgan fingerprint density at radius 3 is 2.27 bits per heavy atom. The highest BCUT2D eigenvalue weighted by molar-refractivity contribution is 5.89. The van der Waals surface area contributed by atoms with Gasteiger partial charge < -0.3 is 18.8 Å². The molecule has 0 fully saturated rings. The Kier molecular flexibility index (Phi) is 14.0. The molecule has 0 unspecified atom stereocenters. The fraction of sp³-hybridized carbons (Fsp3) is 0.594. The van der Waals surface area contributed by atoms with Crippen LogP contribution in [0.3, 0.4) is 0 Å². The Morgan fingerprint density at radius 1 is 0.838 bits per heavy atom. The van der Waals surface area contributed by atoms with Crippen LogP contribution in [0.25, 0.3) is 10.9 Å². The monoisotopic (exact) mass is 511 g/mol. The lowest BCUT2D eigenvalue weighted by atomic mass is 10.1. The number of aryl methyl sites for hydroxylation is 1. The van der Waals surface area contributed by atoms with Crippen LogP contribution < -0.4 is 19.8 Å². The number of nitrogens with zero attached hydrogens (tertiary/aromatic N) is 1. The molecule has 0 aliphatic heterocycles. The maximum Gasteiger partial charge on any atom is 0.297 e. The Balaban J connectivity index is 2.20. The molecule has 37 heavy (non-hydrogen) atoms. The first-order chi connectivity index (χ1) is 17.9. The van der Waals surface area contributed by atoms with Crippen molar-refractivity contribution in [2.75, 3.05) is 19.8 Å². The van der Waals surface area contributed by atoms with Gasteiger partial charge in [0.25, 0.3) is 5.56 Å². The fourth-order valence-corrected chi connectivity index (χ4v) is 4.17. The van der Waals surface area contributed by atoms with Crippen LogP contribution in [0.15, 0.2) is 46.3 Å². The summed E-state index contributed by atoms with van der Waals surface area (Å²) in [7, 11) is 1.78. The van der Waals surface area contributed by atoms with E-state index in [4.69, 9.17) is 14.2 Å². The molecule has 0 saturated carbocycles. The molecule has 0 spiro atoms. The number of unbranched alkanes of at least 4 members (excludes halogenated alkanes) is 6. The first-order valence-corrected chi connectivity index (χ1v) is 14.2. The zero-order valence-corrected chi connectivity index (χ0v) is 24.2. The fourth-order valence-electron chi connectivity index (χ4n) is 4.17. The van der Waals surface area contributed by atoms with Gasteiger partial charge in [-0.15, -0.1) is 0 Å². The maximum atomic E-state index is 13.3. The van der Waals surface area contributed by atoms with E-state index in [2.05, 4.69) is 46.8 Å². The molecule has 0 aliphatic carbocycles. The number of hydrogen-bond acceptors (Lipinski definition) is 4. The third kappa shape index (κ3) is 10.3. The van der Waals surface area contributed by atoms with Gasteiger partial charge in [-0.25, -0.2) is 0 Å². The van der Waals surface area contributed by atoms with E-state index < -0.39 is 0 Å². The van der Waals surface area contributed by atoms with Crippen LogP contribution in [0.4, 0.5) is 0 Å². The molecule has 0 aliphatic rings. The van der Waals surface area contributed by atoms with Crippen molar-refractivity contribution >= 4 is 10.9 Å². The summed E-state index contributed by atoms with van der Waals surface area (Å²) in [6.45, 7) is 12.3. The highest BCUT2D eigenvalue weighted by Crippen LogP contribution is 2.34. The van der Waals surface area contributed by atoms with Gasteiger partial charge in [-0.05, 0) is 64.7 Å². The normalized spacial score (nSPS) is 11.6. The zero-order valence-electron chi connectivity index (χ0n) is 24.2. The summed E-state index contributed by atoms with van der Waals surface area (Å²) >= 11 is 0. The number of benzene rings is 1. The minimum atomic E-state index is -0.192. The van der Waals surface area contributed by atoms with Gasteiger partial charge in [0.2, 0.25) is 5.75 Å². The molecule has 0 atom stereocenters. The molecular weight excluding hydrogens is 462 g/mol. The molecule has 1 aromatic carbocycles. The number of pyridine rings is 1. The Hall–Kier alpha value is -2.69. The number of rotatable bonds is 18. The lowest BCUT2D eigenvalue weighted by molar-refractivity contribution is 0.278. The van der Waals surface area contributed by atoms with Crippen molar-refractivity contribution in [3.63, 3.8) is 0 Å². The quantitative estimate of drug-likeness (QED) is 0.149. The molecule has 1 heterocycles. The predicted octanol–water partition coefficient (Wildman–Crippen LogP) is 8.53. The first-order valence-electron chi connectivity index (χ1n) is 14.2. The lowest BCUT2D eigenvalue weighted by Gasteiger charge is -2.17. The van der Waals surface area contributed by atoms with E-state index in [0.717, 1.165) is 48.8 Å². The predicted molar refractivity (Wildman–Crippen MR) is 156 cm³/mol. The second-order valence-corrected chi connectivity index (χ2v) is 10.2. The van der Waals surface area contributed by atoms with Gasteiger partial charge in [-0.2, -0.15) is 0 Å². The Bertz CT molecular complexity index is 1080. The first kappa shape index (κ1) is 30.5. The Labute approximate surface area is 224 Å². The van der Waals surface area contributed by atoms with Gasteiger partial charge in [0.1, 0.15) is 12.4 Å². The standard InChI is InChI=1S/C32H49NO4/c1-7-9-11-12-13-14-22-35-27-18-19-28-29(24-27)33(6)32(34)31(30(28)36-21-10-8-2)37-23-20-26(5)17-15-16-25(3)4/h16,18-20,24H,7-15,17,21-23H2,1-6H3/b26-20+. The highest BCUT2D eigenvalue weighted by atomic mass is 16.5. The van der Waals surface area contributed by atoms with Crippen molar-refractivity contribution in [2.45, 2.75) is 98.8 Å². The summed E-state index contributed by atoms with van der Waals surface area (Å²) in [5, 5.41) is 0.865. The zero-order chi connectivity index (χ0) is 27.0. The molecule has 5 nitrogen and oxygen atoms in total. The molecule has 2 aromatic rings. The number of hydrogen-bond donors (Lipinski definition) is 0. The molecule has 0 saturated heterocycles. The second kappa shape index (κ2) is 16.9. The number of ether oxygens (including phenoxy) is 3. The molecular formula is C32H49NO4. The molecule has 2 rings (SSSR count). The molecule has 0 N–H and O–H groups in total. The lowest BCUT2D eigenvalue weighted by Crippen LogP contribution is -2.21. The summed E-state index contributed by atoms with van der Waals surface area (Å²) in [5.41, 5.74) is 3.17. The van der Waals surface area contributed by atoms with Gasteiger partial charge in [0.15, 0.2) is 5.75 Å². The summed E-state index contributed by atoms with van der Waals surface area (Å²) < 4.78 is 19.9. The van der Waals surface area contributed by atoms with E-state index in [1.54, 1.807) is 11.6 Å². The third-order valence-corrected chi connectivity index (χ3v) is 6.54. The van der Waals surface area contributed by atoms with E-state index in [1.807, 2.05) is 18.2 Å². The van der Waals surface area contributed by atoms with E-state index in [1.165, 1.54) is 43.3 Å². The molecule has 0 bridgehead atoms. The smallest absolute Gasteiger partial charge is 0.297 e. The van der Waals surface area contributed by atoms with Crippen LogP contribution in [0.1, 0.15) is 98.8 Å². The van der Waals surface area contributed by atoms with E-state index in [0.29, 0.717) is 25.6 Å². The van der Waals surface area contributed by atoms with Crippen molar-refractivity contribution < 1.29 is 14.2 Å². The van der Waals surface area contributed by atoms with E-state index >= 15 is 0 Å². The molecule has 5 heteroatoms. The van der Waals surface area contributed by atoms with Crippen LogP contribution >= 0.6 is 0 Å². The molecule has 1 aromatic heterocycles. The van der Waals surface area contributed by atoms with Crippen LogP contribution in [-0.2, 0) is 7.05 Å². The van der Waals surface area contributed by atoms with Gasteiger partial charge >= 0.3 is 0 Å². The van der Waals surface area contributed by atoms with Crippen LogP contribution in [-0.4, -0.2) is 24.4 Å². The summed E-state index contributed by atoms with van der Waals surface area (Å²) in [4.78, 5) is 13.3. The van der Waals surface area contributed by atoms with Crippen molar-refractivity contribution in [1.29, 1.82) is 0 Å². The molecule has 0 radical (unpaired) electrons. The number of allylic oxidation sites excluding steroid dienone is 3. The third-order valence-electron chi connectivity index (χ3n) is 6.54. The number of fused-ring (bicyclic) bond motifs is 1. The minimum absolute atomic E-state index is 0.192. The average Bonchev–Trinajstić information content (AvgIpc) is 2.87. The minimum Gasteiger partial charge on any atom is -0.494 e. The molecule has 206 valence electrons. The van der Waals surface area contributed by atoms with Crippen molar-refractivity contribution in [3.05, 3.63) is 51.9 Å². The second-order valence-electron chi connectivity index (χ2n) is 10.2. The highest BCUT2D eigenvalue weighted by Gasteiger charge is 2.19. The molecule has 0 amide bonds. The summed E-state index contributed by atoms with van der Waals surface area (Å²) in [6, 6.07) is 5.89.